The van der Waals surface area contributed by atoms with Crippen LogP contribution in [0.25, 0.3) is 0 Å². The highest BCUT2D eigenvalue weighted by atomic mass is 16.5. The fourth-order valence-electron chi connectivity index (χ4n) is 4.97. The minimum Gasteiger partial charge on any atom is -0.375 e. The van der Waals surface area contributed by atoms with Crippen LogP contribution in [0.3, 0.4) is 0 Å². The predicted octanol–water partition coefficient (Wildman–Crippen LogP) is 0.838. The molecule has 10 nitrogen and oxygen atoms in total. The van der Waals surface area contributed by atoms with Crippen molar-refractivity contribution in [3.8, 4) is 0 Å². The van der Waals surface area contributed by atoms with Crippen molar-refractivity contribution in [1.29, 1.82) is 0 Å². The van der Waals surface area contributed by atoms with E-state index < -0.39 is 5.41 Å². The molecule has 2 fully saturated rings. The normalized spacial score (nSPS) is 25.5. The summed E-state index contributed by atoms with van der Waals surface area (Å²) < 4.78 is 12.4. The molecular weight excluding hydrogens is 388 g/mol. The lowest BCUT2D eigenvalue weighted by Crippen LogP contribution is -2.40. The maximum Gasteiger partial charge on any atom is 0.254 e. The van der Waals surface area contributed by atoms with Crippen LogP contribution in [0.4, 0.5) is 0 Å². The zero-order chi connectivity index (χ0) is 21.5. The van der Waals surface area contributed by atoms with Crippen molar-refractivity contribution in [3.05, 3.63) is 29.2 Å². The summed E-state index contributed by atoms with van der Waals surface area (Å²) in [5, 5.41) is 11.4. The van der Waals surface area contributed by atoms with Crippen molar-refractivity contribution in [3.63, 3.8) is 0 Å². The number of nitrogens with one attached hydrogen (secondary N) is 1. The number of hydrogen-bond acceptors (Lipinski definition) is 7. The fourth-order valence-corrected chi connectivity index (χ4v) is 4.97. The molecule has 0 bridgehead atoms. The molecule has 162 valence electrons. The lowest BCUT2D eigenvalue weighted by Gasteiger charge is -2.25. The number of hydrogen-bond donors (Lipinski definition) is 1. The lowest BCUT2D eigenvalue weighted by atomic mass is 9.80. The van der Waals surface area contributed by atoms with Gasteiger partial charge in [-0.3, -0.25) is 14.3 Å². The number of carbonyl (C=O) groups is 2. The van der Waals surface area contributed by atoms with Crippen molar-refractivity contribution in [2.45, 2.75) is 51.6 Å². The molecule has 1 saturated carbocycles. The predicted molar refractivity (Wildman–Crippen MR) is 106 cm³/mol. The molecule has 0 spiro atoms. The van der Waals surface area contributed by atoms with Crippen molar-refractivity contribution in [1.82, 2.24) is 30.1 Å². The van der Waals surface area contributed by atoms with Gasteiger partial charge >= 0.3 is 0 Å². The Morgan fingerprint density at radius 1 is 1.40 bits per heavy atom. The molecule has 1 aliphatic heterocycles. The SMILES string of the molecule is CCn1ncc(C(=O)N[C@@H]2CC3CN(C(=O)COC)C[C@@]3(c3nc(C)no3)C2)c1C. The number of carbonyl (C=O) groups excluding carboxylic acids is 2. The number of aryl methyl sites for hydroxylation is 2. The molecule has 1 N–H and O–H groups in total. The number of amides is 2. The number of fused-ring (bicyclic) bond motifs is 1. The van der Waals surface area contributed by atoms with Crippen LogP contribution in [-0.2, 0) is 21.5 Å². The first-order valence-corrected chi connectivity index (χ1v) is 10.3. The van der Waals surface area contributed by atoms with Gasteiger partial charge in [-0.2, -0.15) is 10.1 Å². The molecule has 2 amide bonds. The van der Waals surface area contributed by atoms with Crippen molar-refractivity contribution >= 4 is 11.8 Å². The summed E-state index contributed by atoms with van der Waals surface area (Å²) in [6.45, 7) is 7.51. The van der Waals surface area contributed by atoms with E-state index in [4.69, 9.17) is 9.26 Å². The van der Waals surface area contributed by atoms with Gasteiger partial charge in [-0.15, -0.1) is 0 Å². The summed E-state index contributed by atoms with van der Waals surface area (Å²) >= 11 is 0. The molecule has 3 heterocycles. The maximum absolute atomic E-state index is 12.9. The number of nitrogens with zero attached hydrogens (tertiary/aromatic N) is 5. The second-order valence-electron chi connectivity index (χ2n) is 8.28. The van der Waals surface area contributed by atoms with E-state index >= 15 is 0 Å². The fraction of sp³-hybridized carbons (Fsp3) is 0.650. The first-order chi connectivity index (χ1) is 14.4. The van der Waals surface area contributed by atoms with E-state index in [2.05, 4.69) is 20.6 Å². The standard InChI is InChI=1S/C20H28N6O4/c1-5-26-12(2)16(8-21-26)18(28)23-15-6-14-9-25(17(27)10-29-4)11-20(14,7-15)19-22-13(3)24-30-19/h8,14-15H,5-7,9-11H2,1-4H3,(H,23,28)/t14?,15-,20+/m1/s1. The topological polar surface area (TPSA) is 115 Å². The molecule has 1 unspecified atom stereocenters. The molecule has 30 heavy (non-hydrogen) atoms. The second kappa shape index (κ2) is 7.82. The van der Waals surface area contributed by atoms with Gasteiger partial charge in [0.15, 0.2) is 5.82 Å². The van der Waals surface area contributed by atoms with E-state index in [-0.39, 0.29) is 30.4 Å². The van der Waals surface area contributed by atoms with Crippen LogP contribution < -0.4 is 5.32 Å². The van der Waals surface area contributed by atoms with E-state index in [1.54, 1.807) is 22.7 Å². The largest absolute Gasteiger partial charge is 0.375 e. The van der Waals surface area contributed by atoms with E-state index in [0.717, 1.165) is 18.7 Å². The number of rotatable bonds is 6. The average molecular weight is 416 g/mol. The molecule has 4 rings (SSSR count). The average Bonchev–Trinajstić information content (AvgIpc) is 3.44. The molecule has 1 saturated heterocycles. The zero-order valence-electron chi connectivity index (χ0n) is 17.8. The van der Waals surface area contributed by atoms with Gasteiger partial charge < -0.3 is 19.5 Å². The van der Waals surface area contributed by atoms with Gasteiger partial charge in [0.2, 0.25) is 11.8 Å². The van der Waals surface area contributed by atoms with Crippen molar-refractivity contribution in [2.24, 2.45) is 5.92 Å². The van der Waals surface area contributed by atoms with Gasteiger partial charge in [-0.05, 0) is 39.5 Å². The Kier molecular flexibility index (Phi) is 5.35. The Labute approximate surface area is 174 Å². The van der Waals surface area contributed by atoms with E-state index in [0.29, 0.717) is 36.8 Å². The number of likely N-dealkylation sites (tertiary alicyclic amines) is 1. The lowest BCUT2D eigenvalue weighted by molar-refractivity contribution is -0.134. The molecule has 1 aliphatic carbocycles. The smallest absolute Gasteiger partial charge is 0.254 e. The monoisotopic (exact) mass is 416 g/mol. The van der Waals surface area contributed by atoms with Crippen LogP contribution in [0.15, 0.2) is 10.7 Å². The molecule has 0 radical (unpaired) electrons. The van der Waals surface area contributed by atoms with Gasteiger partial charge in [0, 0.05) is 38.5 Å². The van der Waals surface area contributed by atoms with Gasteiger partial charge in [-0.1, -0.05) is 5.16 Å². The summed E-state index contributed by atoms with van der Waals surface area (Å²) in [5.74, 6) is 1.06. The summed E-state index contributed by atoms with van der Waals surface area (Å²) in [4.78, 5) is 31.6. The Morgan fingerprint density at radius 2 is 2.20 bits per heavy atom. The molecule has 2 aromatic rings. The third-order valence-electron chi connectivity index (χ3n) is 6.43. The van der Waals surface area contributed by atoms with Crippen molar-refractivity contribution in [2.75, 3.05) is 26.8 Å². The number of aromatic nitrogens is 4. The third-order valence-corrected chi connectivity index (χ3v) is 6.43. The summed E-state index contributed by atoms with van der Waals surface area (Å²) in [7, 11) is 1.51. The second-order valence-corrected chi connectivity index (χ2v) is 8.28. The summed E-state index contributed by atoms with van der Waals surface area (Å²) in [6, 6.07) is -0.0428. The summed E-state index contributed by atoms with van der Waals surface area (Å²) in [5.41, 5.74) is 0.992. The molecule has 10 heteroatoms. The van der Waals surface area contributed by atoms with Crippen LogP contribution in [0.5, 0.6) is 0 Å². The van der Waals surface area contributed by atoms with Gasteiger partial charge in [0.1, 0.15) is 6.61 Å². The van der Waals surface area contributed by atoms with E-state index in [9.17, 15) is 9.59 Å². The Hall–Kier alpha value is -2.75. The van der Waals surface area contributed by atoms with Crippen LogP contribution in [-0.4, -0.2) is 69.5 Å². The van der Waals surface area contributed by atoms with Crippen molar-refractivity contribution < 1.29 is 18.8 Å². The van der Waals surface area contributed by atoms with Gasteiger partial charge in [-0.25, -0.2) is 0 Å². The minimum absolute atomic E-state index is 0.0428. The van der Waals surface area contributed by atoms with E-state index in [1.807, 2.05) is 13.8 Å². The van der Waals surface area contributed by atoms with Crippen LogP contribution in [0.2, 0.25) is 0 Å². The molecular formula is C20H28N6O4. The van der Waals surface area contributed by atoms with E-state index in [1.165, 1.54) is 7.11 Å². The Balaban J connectivity index is 1.54. The van der Waals surface area contributed by atoms with Crippen LogP contribution in [0.1, 0.15) is 47.5 Å². The highest BCUT2D eigenvalue weighted by molar-refractivity contribution is 5.95. The zero-order valence-corrected chi connectivity index (χ0v) is 17.8. The quantitative estimate of drug-likeness (QED) is 0.742. The third kappa shape index (κ3) is 3.38. The molecule has 3 atom stereocenters. The number of ether oxygens (including phenoxy) is 1. The minimum atomic E-state index is -0.453. The maximum atomic E-state index is 12.9. The van der Waals surface area contributed by atoms with Crippen LogP contribution >= 0.6 is 0 Å². The molecule has 0 aromatic carbocycles. The first-order valence-electron chi connectivity index (χ1n) is 10.3. The Morgan fingerprint density at radius 3 is 2.83 bits per heavy atom. The molecule has 2 aliphatic rings. The first kappa shape index (κ1) is 20.5. The highest BCUT2D eigenvalue weighted by Crippen LogP contribution is 2.50. The number of methoxy groups -OCH3 is 1. The van der Waals surface area contributed by atoms with Gasteiger partial charge in [0.05, 0.1) is 17.2 Å². The Bertz CT molecular complexity index is 953. The summed E-state index contributed by atoms with van der Waals surface area (Å²) in [6.07, 6.45) is 3.00. The van der Waals surface area contributed by atoms with Crippen LogP contribution in [0, 0.1) is 19.8 Å². The highest BCUT2D eigenvalue weighted by Gasteiger charge is 2.58. The molecule has 2 aromatic heterocycles. The van der Waals surface area contributed by atoms with Gasteiger partial charge in [0.25, 0.3) is 5.91 Å².